The number of amides is 1. The molecule has 3 rings (SSSR count). The second-order valence-electron chi connectivity index (χ2n) is 6.61. The highest BCUT2D eigenvalue weighted by molar-refractivity contribution is 7.12. The van der Waals surface area contributed by atoms with E-state index in [9.17, 15) is 9.90 Å². The highest BCUT2D eigenvalue weighted by Gasteiger charge is 2.44. The molecule has 1 aromatic rings. The molecule has 2 aliphatic rings. The number of nitrogens with zero attached hydrogens (tertiary/aromatic N) is 1. The number of rotatable bonds is 6. The lowest BCUT2D eigenvalue weighted by Crippen LogP contribution is -2.37. The Morgan fingerprint density at radius 2 is 2.18 bits per heavy atom. The van der Waals surface area contributed by atoms with Gasteiger partial charge >= 0.3 is 0 Å². The first-order valence-corrected chi connectivity index (χ1v) is 9.19. The van der Waals surface area contributed by atoms with Gasteiger partial charge in [0.2, 0.25) is 5.91 Å². The number of thiophene rings is 1. The quantitative estimate of drug-likeness (QED) is 0.789. The van der Waals surface area contributed by atoms with Gasteiger partial charge in [0.15, 0.2) is 0 Å². The molecular weight excluding hydrogens is 296 g/mol. The number of hydrogen-bond donors (Lipinski definition) is 2. The van der Waals surface area contributed by atoms with Crippen LogP contribution in [0.5, 0.6) is 0 Å². The molecular formula is C17H26N2O2S. The van der Waals surface area contributed by atoms with E-state index in [0.29, 0.717) is 5.92 Å². The summed E-state index contributed by atoms with van der Waals surface area (Å²) in [6.45, 7) is 5.87. The van der Waals surface area contributed by atoms with Gasteiger partial charge in [-0.2, -0.15) is 0 Å². The van der Waals surface area contributed by atoms with E-state index in [1.54, 1.807) is 0 Å². The fourth-order valence-corrected chi connectivity index (χ4v) is 4.30. The van der Waals surface area contributed by atoms with Crippen LogP contribution in [0.2, 0.25) is 0 Å². The van der Waals surface area contributed by atoms with Crippen molar-refractivity contribution in [2.24, 2.45) is 5.92 Å². The van der Waals surface area contributed by atoms with Gasteiger partial charge in [-0.15, -0.1) is 11.3 Å². The van der Waals surface area contributed by atoms with E-state index in [0.717, 1.165) is 51.9 Å². The standard InChI is InChI=1S/C17H26N2O2S/c1-12-3-4-16(22-12)14-11-15(14)17(21)18-7-2-8-19-9-5-13(20)6-10-19/h3-4,13-15,20H,2,5-11H2,1H3,(H,18,21). The summed E-state index contributed by atoms with van der Waals surface area (Å²) in [7, 11) is 0. The van der Waals surface area contributed by atoms with Crippen LogP contribution < -0.4 is 5.32 Å². The molecule has 0 spiro atoms. The largest absolute Gasteiger partial charge is 0.393 e. The average molecular weight is 322 g/mol. The smallest absolute Gasteiger partial charge is 0.223 e. The second-order valence-corrected chi connectivity index (χ2v) is 7.93. The van der Waals surface area contributed by atoms with Crippen LogP contribution >= 0.6 is 11.3 Å². The molecule has 1 aliphatic heterocycles. The minimum Gasteiger partial charge on any atom is -0.393 e. The van der Waals surface area contributed by atoms with Crippen LogP contribution in [0.15, 0.2) is 12.1 Å². The molecule has 1 saturated heterocycles. The first kappa shape index (κ1) is 16.0. The molecule has 2 N–H and O–H groups in total. The van der Waals surface area contributed by atoms with E-state index in [1.807, 2.05) is 11.3 Å². The van der Waals surface area contributed by atoms with Gasteiger partial charge in [-0.3, -0.25) is 4.79 Å². The summed E-state index contributed by atoms with van der Waals surface area (Å²) >= 11 is 1.82. The van der Waals surface area contributed by atoms with Crippen molar-refractivity contribution in [1.82, 2.24) is 10.2 Å². The molecule has 1 saturated carbocycles. The van der Waals surface area contributed by atoms with E-state index in [-0.39, 0.29) is 17.9 Å². The van der Waals surface area contributed by atoms with Crippen molar-refractivity contribution in [3.8, 4) is 0 Å². The Labute approximate surface area is 136 Å². The summed E-state index contributed by atoms with van der Waals surface area (Å²) in [5.74, 6) is 0.885. The molecule has 1 aromatic heterocycles. The Morgan fingerprint density at radius 3 is 2.86 bits per heavy atom. The summed E-state index contributed by atoms with van der Waals surface area (Å²) < 4.78 is 0. The Balaban J connectivity index is 1.31. The van der Waals surface area contributed by atoms with Gasteiger partial charge in [0.1, 0.15) is 0 Å². The molecule has 0 bridgehead atoms. The van der Waals surface area contributed by atoms with Gasteiger partial charge in [0, 0.05) is 41.2 Å². The van der Waals surface area contributed by atoms with Crippen LogP contribution in [0.1, 0.15) is 41.4 Å². The molecule has 2 unspecified atom stereocenters. The maximum atomic E-state index is 12.1. The van der Waals surface area contributed by atoms with Crippen LogP contribution in [-0.2, 0) is 4.79 Å². The SMILES string of the molecule is Cc1ccc(C2CC2C(=O)NCCCN2CCC(O)CC2)s1. The Kier molecular flexibility index (Phi) is 5.16. The van der Waals surface area contributed by atoms with Crippen molar-refractivity contribution in [2.75, 3.05) is 26.2 Å². The zero-order chi connectivity index (χ0) is 15.5. The molecule has 122 valence electrons. The second kappa shape index (κ2) is 7.11. The lowest BCUT2D eigenvalue weighted by molar-refractivity contribution is -0.122. The predicted octanol–water partition coefficient (Wildman–Crippen LogP) is 2.12. The van der Waals surface area contributed by atoms with E-state index < -0.39 is 0 Å². The number of likely N-dealkylation sites (tertiary alicyclic amines) is 1. The molecule has 0 aromatic carbocycles. The van der Waals surface area contributed by atoms with Crippen molar-refractivity contribution in [1.29, 1.82) is 0 Å². The van der Waals surface area contributed by atoms with Gasteiger partial charge < -0.3 is 15.3 Å². The molecule has 5 heteroatoms. The Morgan fingerprint density at radius 1 is 1.41 bits per heavy atom. The van der Waals surface area contributed by atoms with Crippen LogP contribution in [0, 0.1) is 12.8 Å². The third-order valence-electron chi connectivity index (χ3n) is 4.76. The average Bonchev–Trinajstić information content (AvgIpc) is 3.20. The summed E-state index contributed by atoms with van der Waals surface area (Å²) in [6.07, 6.45) is 3.67. The van der Waals surface area contributed by atoms with Crippen molar-refractivity contribution in [3.05, 3.63) is 21.9 Å². The topological polar surface area (TPSA) is 52.6 Å². The number of aliphatic hydroxyl groups is 1. The maximum Gasteiger partial charge on any atom is 0.223 e. The molecule has 22 heavy (non-hydrogen) atoms. The van der Waals surface area contributed by atoms with Crippen molar-refractivity contribution in [3.63, 3.8) is 0 Å². The fourth-order valence-electron chi connectivity index (χ4n) is 3.24. The Hall–Kier alpha value is -0.910. The zero-order valence-corrected chi connectivity index (χ0v) is 14.1. The highest BCUT2D eigenvalue weighted by Crippen LogP contribution is 2.49. The summed E-state index contributed by atoms with van der Waals surface area (Å²) in [5, 5.41) is 12.6. The molecule has 2 atom stereocenters. The third-order valence-corrected chi connectivity index (χ3v) is 5.89. The van der Waals surface area contributed by atoms with Crippen molar-refractivity contribution >= 4 is 17.2 Å². The normalized spacial score (nSPS) is 26.1. The number of nitrogens with one attached hydrogen (secondary N) is 1. The lowest BCUT2D eigenvalue weighted by atomic mass is 10.1. The van der Waals surface area contributed by atoms with E-state index in [4.69, 9.17) is 0 Å². The molecule has 2 fully saturated rings. The zero-order valence-electron chi connectivity index (χ0n) is 13.3. The Bertz CT molecular complexity index is 509. The minimum absolute atomic E-state index is 0.108. The number of carbonyl (C=O) groups excluding carboxylic acids is 1. The van der Waals surface area contributed by atoms with Gasteiger partial charge in [-0.25, -0.2) is 0 Å². The van der Waals surface area contributed by atoms with Crippen LogP contribution in [0.25, 0.3) is 0 Å². The molecule has 2 heterocycles. The van der Waals surface area contributed by atoms with Crippen LogP contribution in [-0.4, -0.2) is 48.2 Å². The lowest BCUT2D eigenvalue weighted by Gasteiger charge is -2.29. The van der Waals surface area contributed by atoms with E-state index in [2.05, 4.69) is 29.3 Å². The summed E-state index contributed by atoms with van der Waals surface area (Å²) in [4.78, 5) is 17.2. The van der Waals surface area contributed by atoms with Crippen LogP contribution in [0.4, 0.5) is 0 Å². The van der Waals surface area contributed by atoms with Gasteiger partial charge in [0.05, 0.1) is 6.10 Å². The monoisotopic (exact) mass is 322 g/mol. The van der Waals surface area contributed by atoms with Gasteiger partial charge in [-0.1, -0.05) is 0 Å². The number of carbonyl (C=O) groups is 1. The van der Waals surface area contributed by atoms with E-state index >= 15 is 0 Å². The summed E-state index contributed by atoms with van der Waals surface area (Å²) in [6, 6.07) is 4.31. The molecule has 1 aliphatic carbocycles. The number of aliphatic hydroxyl groups excluding tert-OH is 1. The molecule has 4 nitrogen and oxygen atoms in total. The number of aryl methyl sites for hydroxylation is 1. The van der Waals surface area contributed by atoms with Crippen molar-refractivity contribution in [2.45, 2.75) is 44.6 Å². The third kappa shape index (κ3) is 4.09. The minimum atomic E-state index is -0.108. The number of hydrogen-bond acceptors (Lipinski definition) is 4. The molecule has 1 amide bonds. The predicted molar refractivity (Wildman–Crippen MR) is 89.2 cm³/mol. The fraction of sp³-hybridized carbons (Fsp3) is 0.706. The summed E-state index contributed by atoms with van der Waals surface area (Å²) in [5.41, 5.74) is 0. The van der Waals surface area contributed by atoms with E-state index in [1.165, 1.54) is 9.75 Å². The number of piperidine rings is 1. The maximum absolute atomic E-state index is 12.1. The molecule has 0 radical (unpaired) electrons. The van der Waals surface area contributed by atoms with Crippen molar-refractivity contribution < 1.29 is 9.90 Å². The first-order chi connectivity index (χ1) is 10.6. The van der Waals surface area contributed by atoms with Crippen LogP contribution in [0.3, 0.4) is 0 Å². The van der Waals surface area contributed by atoms with Gasteiger partial charge in [-0.05, 0) is 51.3 Å². The van der Waals surface area contributed by atoms with Gasteiger partial charge in [0.25, 0.3) is 0 Å². The first-order valence-electron chi connectivity index (χ1n) is 8.38. The highest BCUT2D eigenvalue weighted by atomic mass is 32.1.